The Morgan fingerprint density at radius 2 is 1.77 bits per heavy atom. The summed E-state index contributed by atoms with van der Waals surface area (Å²) in [5.74, 6) is 2.39. The van der Waals surface area contributed by atoms with Crippen LogP contribution in [0.1, 0.15) is 90.3 Å². The Balaban J connectivity index is 0.000000621. The number of amides is 4. The molecule has 1 aromatic carbocycles. The molecule has 3 fully saturated rings. The number of nitrogens with zero attached hydrogens (tertiary/aromatic N) is 2. The Hall–Kier alpha value is -4.61. The van der Waals surface area contributed by atoms with E-state index in [0.717, 1.165) is 50.3 Å². The van der Waals surface area contributed by atoms with Crippen LogP contribution in [0.25, 0.3) is 10.8 Å². The van der Waals surface area contributed by atoms with E-state index in [4.69, 9.17) is 9.47 Å². The minimum absolute atomic E-state index is 0. The third-order valence-corrected chi connectivity index (χ3v) is 12.8. The van der Waals surface area contributed by atoms with Crippen LogP contribution in [0.3, 0.4) is 0 Å². The second kappa shape index (κ2) is 18.3. The zero-order valence-corrected chi connectivity index (χ0v) is 34.0. The van der Waals surface area contributed by atoms with E-state index >= 15 is 0 Å². The smallest absolute Gasteiger partial charge is 0.427 e. The first-order valence-corrected chi connectivity index (χ1v) is 20.4. The molecule has 0 radical (unpaired) electrons. The predicted octanol–water partition coefficient (Wildman–Crippen LogP) is 6.27. The zero-order valence-electron chi connectivity index (χ0n) is 33.1. The number of methoxy groups -OCH3 is 1. The van der Waals surface area contributed by atoms with E-state index in [-0.39, 0.29) is 40.6 Å². The Bertz CT molecular complexity index is 1920. The highest BCUT2D eigenvalue weighted by molar-refractivity contribution is 7.91. The second-order valence-corrected chi connectivity index (χ2v) is 18.2. The number of benzene rings is 1. The van der Waals surface area contributed by atoms with Crippen LogP contribution in [0, 0.1) is 17.8 Å². The van der Waals surface area contributed by atoms with E-state index in [0.29, 0.717) is 55.7 Å². The molecule has 6 rings (SSSR count). The van der Waals surface area contributed by atoms with Gasteiger partial charge in [-0.05, 0) is 83.1 Å². The number of carbonyl (C=O) groups excluding carboxylic acids is 4. The number of aromatic nitrogens is 1. The number of nitrogens with one attached hydrogen (secondary N) is 2. The van der Waals surface area contributed by atoms with Crippen LogP contribution in [0.4, 0.5) is 18.0 Å². The Labute approximate surface area is 335 Å². The third-order valence-electron chi connectivity index (χ3n) is 10.7. The van der Waals surface area contributed by atoms with Gasteiger partial charge in [0, 0.05) is 33.9 Å². The first-order chi connectivity index (χ1) is 26.6. The van der Waals surface area contributed by atoms with E-state index in [2.05, 4.69) is 46.8 Å². The monoisotopic (exact) mass is 831 g/mol. The van der Waals surface area contributed by atoms with Crippen molar-refractivity contribution in [3.05, 3.63) is 42.6 Å². The van der Waals surface area contributed by atoms with Gasteiger partial charge in [-0.1, -0.05) is 44.2 Å². The van der Waals surface area contributed by atoms with Gasteiger partial charge >= 0.3 is 12.3 Å². The van der Waals surface area contributed by atoms with Crippen LogP contribution in [0.15, 0.2) is 42.6 Å². The average Bonchev–Trinajstić information content (AvgIpc) is 4.01. The van der Waals surface area contributed by atoms with Crippen LogP contribution in [0.2, 0.25) is 0 Å². The molecule has 14 nitrogen and oxygen atoms in total. The maximum absolute atomic E-state index is 13.4. The number of rotatable bonds is 7. The maximum Gasteiger partial charge on any atom is 0.427 e. The number of ether oxygens (including phenoxy) is 3. The fourth-order valence-corrected chi connectivity index (χ4v) is 7.80. The third kappa shape index (κ3) is 12.0. The molecule has 2 aromatic rings. The number of halogens is 3. The summed E-state index contributed by atoms with van der Waals surface area (Å²) in [6.45, 7) is 7.86. The van der Waals surface area contributed by atoms with Gasteiger partial charge in [0.2, 0.25) is 39.7 Å². The summed E-state index contributed by atoms with van der Waals surface area (Å²) < 4.78 is 74.3. The summed E-state index contributed by atoms with van der Waals surface area (Å²) in [5.41, 5.74) is 1.90. The maximum atomic E-state index is 13.4. The van der Waals surface area contributed by atoms with Crippen molar-refractivity contribution in [2.45, 2.75) is 121 Å². The van der Waals surface area contributed by atoms with Gasteiger partial charge in [-0.25, -0.2) is 18.2 Å². The minimum atomic E-state index is -4.60. The largest absolute Gasteiger partial charge is 0.494 e. The quantitative estimate of drug-likeness (QED) is 0.211. The molecule has 0 unspecified atom stereocenters. The molecule has 0 bridgehead atoms. The highest BCUT2D eigenvalue weighted by atomic mass is 32.2. The number of hydrogen-bond donors (Lipinski definition) is 3. The lowest BCUT2D eigenvalue weighted by Crippen LogP contribution is -2.47. The highest BCUT2D eigenvalue weighted by Gasteiger charge is 2.51. The Morgan fingerprint density at radius 1 is 1.11 bits per heavy atom. The van der Waals surface area contributed by atoms with E-state index in [9.17, 15) is 40.8 Å². The van der Waals surface area contributed by atoms with Crippen molar-refractivity contribution in [3.63, 3.8) is 0 Å². The van der Waals surface area contributed by atoms with Gasteiger partial charge in [-0.2, -0.15) is 13.2 Å². The number of nitrogens with two attached hydrogens (primary N) is 1. The van der Waals surface area contributed by atoms with Crippen LogP contribution >= 0.6 is 0 Å². The highest BCUT2D eigenvalue weighted by Crippen LogP contribution is 2.42. The van der Waals surface area contributed by atoms with Crippen LogP contribution in [-0.4, -0.2) is 91.0 Å². The van der Waals surface area contributed by atoms with Gasteiger partial charge in [0.1, 0.15) is 17.9 Å². The van der Waals surface area contributed by atoms with E-state index in [1.165, 1.54) is 0 Å². The number of primary amides is 1. The summed E-state index contributed by atoms with van der Waals surface area (Å²) >= 11 is 0. The molecule has 2 aliphatic carbocycles. The Morgan fingerprint density at radius 3 is 2.35 bits per heavy atom. The number of carbonyl (C=O) groups is 4. The molecule has 4 amide bonds. The number of pyridine rings is 1. The molecule has 18 heteroatoms. The van der Waals surface area contributed by atoms with Crippen molar-refractivity contribution < 1.29 is 59.3 Å². The predicted molar refractivity (Wildman–Crippen MR) is 212 cm³/mol. The summed E-state index contributed by atoms with van der Waals surface area (Å²) in [6.07, 6.45) is 6.42. The molecule has 2 aliphatic heterocycles. The number of allylic oxidation sites excluding steroid dienone is 1. The van der Waals surface area contributed by atoms with Gasteiger partial charge in [0.05, 0.1) is 24.6 Å². The fraction of sp³-hybridized carbons (Fsp3) is 0.615. The minimum Gasteiger partial charge on any atom is -0.494 e. The first kappa shape index (κ1) is 45.1. The van der Waals surface area contributed by atoms with Crippen LogP contribution < -0.4 is 25.2 Å². The molecule has 4 aliphatic rings. The molecule has 322 valence electrons. The lowest BCUT2D eigenvalue weighted by molar-refractivity contribution is -0.243. The SMILES string of the molecule is CC(C)(OC(N)=O)C(F)(F)F.CC1(S(=O)(=O)NC=O)CC1.COc1cnc(O[C@@H]2C[C@H]3C(=O)N[C@@H]4C[C@H]4/C=C\CC[C@@H](C)C[C@@H](C)CC(=O)N3C2)c2ccccc12.[HH].[HH].[HH]. The summed E-state index contributed by atoms with van der Waals surface area (Å²) in [6, 6.07) is 7.46. The topological polar surface area (TPSA) is 196 Å². The molecule has 2 saturated carbocycles. The molecule has 57 heavy (non-hydrogen) atoms. The second-order valence-electron chi connectivity index (χ2n) is 16.0. The molecule has 1 aromatic heterocycles. The van der Waals surface area contributed by atoms with E-state index < -0.39 is 38.7 Å². The molecule has 6 atom stereocenters. The van der Waals surface area contributed by atoms with Gasteiger partial charge in [0.25, 0.3) is 0 Å². The first-order valence-electron chi connectivity index (χ1n) is 19.0. The number of alkyl halides is 3. The number of fused-ring (bicyclic) bond motifs is 3. The van der Waals surface area contributed by atoms with Crippen molar-refractivity contribution in [2.75, 3.05) is 13.7 Å². The summed E-state index contributed by atoms with van der Waals surface area (Å²) in [4.78, 5) is 52.8. The summed E-state index contributed by atoms with van der Waals surface area (Å²) in [7, 11) is -1.73. The van der Waals surface area contributed by atoms with Crippen molar-refractivity contribution in [2.24, 2.45) is 23.5 Å². The molecule has 4 N–H and O–H groups in total. The van der Waals surface area contributed by atoms with Crippen molar-refractivity contribution >= 4 is 45.1 Å². The van der Waals surface area contributed by atoms with Crippen molar-refractivity contribution in [3.8, 4) is 11.6 Å². The normalized spacial score (nSPS) is 26.5. The molecule has 3 heterocycles. The van der Waals surface area contributed by atoms with Crippen LogP contribution in [0.5, 0.6) is 11.6 Å². The lowest BCUT2D eigenvalue weighted by Gasteiger charge is -2.26. The molecular formula is C39H60F3N5O9S. The van der Waals surface area contributed by atoms with E-state index in [1.807, 2.05) is 29.0 Å². The van der Waals surface area contributed by atoms with Gasteiger partial charge < -0.3 is 30.2 Å². The summed E-state index contributed by atoms with van der Waals surface area (Å²) in [5, 5.41) is 4.97. The van der Waals surface area contributed by atoms with Gasteiger partial charge in [0.15, 0.2) is 0 Å². The van der Waals surface area contributed by atoms with Crippen molar-refractivity contribution in [1.29, 1.82) is 0 Å². The molecule has 1 saturated heterocycles. The van der Waals surface area contributed by atoms with Gasteiger partial charge in [-0.15, -0.1) is 0 Å². The average molecular weight is 832 g/mol. The standard InChI is InChI=1S/C29H37N3O4.C5H8F3NO2.C5H9NO3S.3H2/c1-18-8-4-5-9-20-14-24(20)31-28(34)25-15-21(17-32(25)27(33)13-19(2)12-18)36-29-23-11-7-6-10-22(23)26(35-3)16-30-29;1-4(2,5(6,7)8)11-3(9)10;1-5(2-3-5)10(8,9)6-4-7;;;/h5-7,9-11,16,18-21,24-25H,4,8,12-15,17H2,1-3H3,(H,31,34);1-2H3,(H2,9,10);4H,2-3H2,1H3,(H,6,7);3*1H/b9-5-;;;;;/t18-,19-,20-,21-,24-,25+;;;;;/m1...../s1. The molecule has 0 spiro atoms. The molecular weight excluding hydrogens is 772 g/mol. The fourth-order valence-electron chi connectivity index (χ4n) is 6.75. The van der Waals surface area contributed by atoms with Crippen molar-refractivity contribution in [1.82, 2.24) is 19.9 Å². The van der Waals surface area contributed by atoms with E-state index in [1.54, 1.807) is 25.1 Å². The van der Waals surface area contributed by atoms with Crippen LogP contribution in [-0.2, 0) is 29.1 Å². The Kier molecular flexibility index (Phi) is 14.5. The number of sulfonamides is 1. The number of hydrogen-bond acceptors (Lipinski definition) is 10. The van der Waals surface area contributed by atoms with Gasteiger partial charge in [-0.3, -0.25) is 19.1 Å². The lowest BCUT2D eigenvalue weighted by atomic mass is 9.91. The zero-order chi connectivity index (χ0) is 42.3.